The molecule has 9 nitrogen and oxygen atoms in total. The van der Waals surface area contributed by atoms with Crippen molar-refractivity contribution in [1.29, 1.82) is 0 Å². The molecule has 0 radical (unpaired) electrons. The van der Waals surface area contributed by atoms with E-state index in [-0.39, 0.29) is 36.1 Å². The van der Waals surface area contributed by atoms with E-state index in [4.69, 9.17) is 14.2 Å². The second kappa shape index (κ2) is 13.6. The normalized spacial score (nSPS) is 14.7. The number of nitrogens with one attached hydrogen (secondary N) is 2. The number of rotatable bonds is 13. The summed E-state index contributed by atoms with van der Waals surface area (Å²) in [5, 5.41) is 9.82. The second-order valence-corrected chi connectivity index (χ2v) is 9.11. The number of ketones is 1. The number of aromatic nitrogens is 2. The minimum absolute atomic E-state index is 0.0205. The van der Waals surface area contributed by atoms with Crippen molar-refractivity contribution in [3.8, 4) is 11.5 Å². The molecule has 0 fully saturated rings. The molecule has 1 amide bonds. The number of hydrogen-bond acceptors (Lipinski definition) is 7. The number of Topliss-reactive ketones (excluding diaryl/α,β-unsaturated/α-hetero) is 1. The van der Waals surface area contributed by atoms with E-state index in [0.717, 1.165) is 11.1 Å². The molecule has 0 bridgehead atoms. The van der Waals surface area contributed by atoms with Crippen molar-refractivity contribution < 1.29 is 32.6 Å². The lowest BCUT2D eigenvalue weighted by Crippen LogP contribution is -2.25. The van der Waals surface area contributed by atoms with Crippen LogP contribution in [0.25, 0.3) is 0 Å². The lowest BCUT2D eigenvalue weighted by atomic mass is 9.95. The first-order valence-electron chi connectivity index (χ1n) is 12.6. The van der Waals surface area contributed by atoms with Crippen LogP contribution in [0, 0.1) is 0 Å². The molecule has 2 heterocycles. The number of H-pyrrole nitrogens is 1. The van der Waals surface area contributed by atoms with E-state index in [1.165, 1.54) is 18.2 Å². The molecule has 1 aliphatic heterocycles. The van der Waals surface area contributed by atoms with Gasteiger partial charge >= 0.3 is 0 Å². The summed E-state index contributed by atoms with van der Waals surface area (Å²) in [6, 6.07) is 11.9. The Hall–Kier alpha value is -4.38. The van der Waals surface area contributed by atoms with Crippen LogP contribution in [0.1, 0.15) is 45.4 Å². The molecule has 0 spiro atoms. The number of halogens is 2. The Morgan fingerprint density at radius 1 is 1.02 bits per heavy atom. The molecule has 1 aliphatic rings. The number of benzene rings is 2. The number of dihydropyridines is 1. The molecule has 2 N–H and O–H groups in total. The number of ether oxygens (including phenoxy) is 3. The van der Waals surface area contributed by atoms with Crippen LogP contribution in [-0.2, 0) is 35.5 Å². The average Bonchev–Trinajstić information content (AvgIpc) is 3.34. The summed E-state index contributed by atoms with van der Waals surface area (Å²) in [5.74, 6) is -0.221. The van der Waals surface area contributed by atoms with E-state index in [9.17, 15) is 18.4 Å². The van der Waals surface area contributed by atoms with Gasteiger partial charge in [-0.1, -0.05) is 30.3 Å². The summed E-state index contributed by atoms with van der Waals surface area (Å²) in [6.45, 7) is -0.299. The van der Waals surface area contributed by atoms with E-state index < -0.39 is 25.7 Å². The maximum absolute atomic E-state index is 13.2. The Balaban J connectivity index is 1.49. The molecule has 11 heteroatoms. The molecule has 0 aliphatic carbocycles. The van der Waals surface area contributed by atoms with Crippen LogP contribution in [-0.4, -0.2) is 55.0 Å². The lowest BCUT2D eigenvalue weighted by Gasteiger charge is -2.15. The zero-order valence-electron chi connectivity index (χ0n) is 22.2. The number of aliphatic imine (C=N–C) groups is 1. The van der Waals surface area contributed by atoms with Crippen LogP contribution in [0.4, 0.5) is 8.78 Å². The highest BCUT2D eigenvalue weighted by Crippen LogP contribution is 2.29. The SMILES string of the molecule is COCc1[nH]nc(C(=O)NCc2c(OCF)cccc2OCF)c1Cc1ccc(CC2N=CC=C(C)C2=O)cc1. The molecule has 2 aromatic carbocycles. The lowest BCUT2D eigenvalue weighted by molar-refractivity contribution is -0.116. The molecule has 1 unspecified atom stereocenters. The number of methoxy groups -OCH3 is 1. The largest absolute Gasteiger partial charge is 0.462 e. The third kappa shape index (κ3) is 6.78. The van der Waals surface area contributed by atoms with Crippen LogP contribution < -0.4 is 14.8 Å². The molecular formula is C29H30F2N4O5. The predicted molar refractivity (Wildman–Crippen MR) is 144 cm³/mol. The summed E-state index contributed by atoms with van der Waals surface area (Å²) in [6.07, 6.45) is 4.26. The van der Waals surface area contributed by atoms with Gasteiger partial charge in [0.25, 0.3) is 5.91 Å². The van der Waals surface area contributed by atoms with Crippen molar-refractivity contribution in [3.05, 3.63) is 87.8 Å². The van der Waals surface area contributed by atoms with Gasteiger partial charge in [-0.15, -0.1) is 0 Å². The van der Waals surface area contributed by atoms with Gasteiger partial charge in [0.1, 0.15) is 17.5 Å². The van der Waals surface area contributed by atoms with Crippen molar-refractivity contribution in [2.45, 2.75) is 39.0 Å². The third-order valence-corrected chi connectivity index (χ3v) is 6.51. The Morgan fingerprint density at radius 2 is 1.70 bits per heavy atom. The van der Waals surface area contributed by atoms with Crippen molar-refractivity contribution in [2.24, 2.45) is 4.99 Å². The minimum atomic E-state index is -1.09. The number of amides is 1. The molecule has 0 saturated heterocycles. The Morgan fingerprint density at radius 3 is 2.35 bits per heavy atom. The summed E-state index contributed by atoms with van der Waals surface area (Å²) in [5.41, 5.74) is 4.33. The highest BCUT2D eigenvalue weighted by atomic mass is 19.1. The van der Waals surface area contributed by atoms with Crippen LogP contribution in [0.5, 0.6) is 11.5 Å². The number of alkyl halides is 2. The summed E-state index contributed by atoms with van der Waals surface area (Å²) >= 11 is 0. The maximum atomic E-state index is 13.2. The van der Waals surface area contributed by atoms with Crippen LogP contribution in [0.2, 0.25) is 0 Å². The number of aromatic amines is 1. The summed E-state index contributed by atoms with van der Waals surface area (Å²) < 4.78 is 41.0. The molecule has 0 saturated carbocycles. The molecule has 1 atom stereocenters. The Labute approximate surface area is 230 Å². The fourth-order valence-corrected chi connectivity index (χ4v) is 4.44. The van der Waals surface area contributed by atoms with Gasteiger partial charge in [-0.2, -0.15) is 5.10 Å². The van der Waals surface area contributed by atoms with Gasteiger partial charge in [0.05, 0.1) is 24.4 Å². The first-order chi connectivity index (χ1) is 19.4. The zero-order chi connectivity index (χ0) is 28.5. The Bertz CT molecular complexity index is 1380. The topological polar surface area (TPSA) is 115 Å². The maximum Gasteiger partial charge on any atom is 0.272 e. The Kier molecular flexibility index (Phi) is 9.74. The van der Waals surface area contributed by atoms with Gasteiger partial charge in [-0.3, -0.25) is 19.7 Å². The number of carbonyl (C=O) groups is 2. The van der Waals surface area contributed by atoms with Crippen LogP contribution in [0.3, 0.4) is 0 Å². The number of carbonyl (C=O) groups excluding carboxylic acids is 2. The highest BCUT2D eigenvalue weighted by Gasteiger charge is 2.23. The quantitative estimate of drug-likeness (QED) is 0.329. The van der Waals surface area contributed by atoms with Crippen molar-refractivity contribution in [2.75, 3.05) is 20.8 Å². The van der Waals surface area contributed by atoms with E-state index in [0.29, 0.717) is 35.2 Å². The van der Waals surface area contributed by atoms with Gasteiger partial charge in [-0.25, -0.2) is 8.78 Å². The molecular weight excluding hydrogens is 522 g/mol. The van der Waals surface area contributed by atoms with Gasteiger partial charge in [0.15, 0.2) is 11.5 Å². The number of allylic oxidation sites excluding steroid dienone is 1. The number of nitrogens with zero attached hydrogens (tertiary/aromatic N) is 2. The van der Waals surface area contributed by atoms with E-state index >= 15 is 0 Å². The molecule has 4 rings (SSSR count). The molecule has 3 aromatic rings. The first kappa shape index (κ1) is 28.6. The second-order valence-electron chi connectivity index (χ2n) is 9.11. The predicted octanol–water partition coefficient (Wildman–Crippen LogP) is 4.20. The first-order valence-corrected chi connectivity index (χ1v) is 12.6. The van der Waals surface area contributed by atoms with Gasteiger partial charge in [0, 0.05) is 31.7 Å². The van der Waals surface area contributed by atoms with Crippen LogP contribution >= 0.6 is 0 Å². The smallest absolute Gasteiger partial charge is 0.272 e. The zero-order valence-corrected chi connectivity index (χ0v) is 22.2. The third-order valence-electron chi connectivity index (χ3n) is 6.51. The monoisotopic (exact) mass is 552 g/mol. The fraction of sp³-hybridized carbons (Fsp3) is 0.310. The highest BCUT2D eigenvalue weighted by molar-refractivity contribution is 6.05. The standard InChI is InChI=1S/C29H30F2N4O5/c1-18-10-11-32-23(28(18)36)13-20-8-6-19(7-9-20)12-21-24(15-38-2)34-35-27(21)29(37)33-14-22-25(39-16-30)4-3-5-26(22)40-17-31/h3-11,23H,12-17H2,1-2H3,(H,33,37)(H,34,35). The van der Waals surface area contributed by atoms with Gasteiger partial charge in [-0.05, 0) is 41.8 Å². The molecule has 1 aromatic heterocycles. The van der Waals surface area contributed by atoms with Gasteiger partial charge < -0.3 is 19.5 Å². The fourth-order valence-electron chi connectivity index (χ4n) is 4.44. The van der Waals surface area contributed by atoms with E-state index in [2.05, 4.69) is 20.5 Å². The van der Waals surface area contributed by atoms with Crippen molar-refractivity contribution >= 4 is 17.9 Å². The summed E-state index contributed by atoms with van der Waals surface area (Å²) in [4.78, 5) is 29.9. The van der Waals surface area contributed by atoms with Crippen LogP contribution in [0.15, 0.2) is 59.1 Å². The van der Waals surface area contributed by atoms with Gasteiger partial charge in [0.2, 0.25) is 13.7 Å². The minimum Gasteiger partial charge on any atom is -0.462 e. The molecule has 40 heavy (non-hydrogen) atoms. The molecule has 210 valence electrons. The summed E-state index contributed by atoms with van der Waals surface area (Å²) in [7, 11) is 1.54. The van der Waals surface area contributed by atoms with E-state index in [1.807, 2.05) is 24.3 Å². The number of hydrogen-bond donors (Lipinski definition) is 2. The van der Waals surface area contributed by atoms with Crippen molar-refractivity contribution in [1.82, 2.24) is 15.5 Å². The van der Waals surface area contributed by atoms with Crippen molar-refractivity contribution in [3.63, 3.8) is 0 Å². The average molecular weight is 553 g/mol. The van der Waals surface area contributed by atoms with E-state index in [1.54, 1.807) is 26.3 Å².